The minimum absolute atomic E-state index is 0. The third kappa shape index (κ3) is 3.22. The third-order valence-electron chi connectivity index (χ3n) is 1.97. The van der Waals surface area contributed by atoms with Crippen molar-refractivity contribution in [1.82, 2.24) is 0 Å². The molecule has 0 aliphatic rings. The van der Waals surface area contributed by atoms with Crippen molar-refractivity contribution in [3.05, 3.63) is 0 Å². The Balaban J connectivity index is -0.00000112. The van der Waals surface area contributed by atoms with Gasteiger partial charge in [0.05, 0.1) is 0 Å². The molecule has 0 spiro atoms. The van der Waals surface area contributed by atoms with Gasteiger partial charge in [-0.2, -0.15) is 0 Å². The standard InChI is InChI=1S/C6H8N2O8.2Na.2H/c7-5(1(9)10,2(11)12)6(8,3(13)14)4(15)16;;;;/h7-8H2,(H,9,10)(H,11,12)(H,13,14)(H,15,16);;;;. The molecule has 0 aromatic heterocycles. The summed E-state index contributed by atoms with van der Waals surface area (Å²) in [5, 5.41) is 34.1. The van der Waals surface area contributed by atoms with E-state index in [4.69, 9.17) is 31.9 Å². The molecule has 0 saturated carbocycles. The molecule has 94 valence electrons. The van der Waals surface area contributed by atoms with Crippen molar-refractivity contribution < 1.29 is 39.6 Å². The van der Waals surface area contributed by atoms with Crippen molar-refractivity contribution in [3.63, 3.8) is 0 Å². The molecule has 0 amide bonds. The molecule has 12 heteroatoms. The molecule has 0 heterocycles. The van der Waals surface area contributed by atoms with Crippen LogP contribution in [0.15, 0.2) is 0 Å². The van der Waals surface area contributed by atoms with Gasteiger partial charge < -0.3 is 31.9 Å². The number of rotatable bonds is 5. The van der Waals surface area contributed by atoms with Crippen molar-refractivity contribution in [2.24, 2.45) is 11.5 Å². The topological polar surface area (TPSA) is 201 Å². The first-order valence-electron chi connectivity index (χ1n) is 3.54. The molecule has 0 aliphatic heterocycles. The Morgan fingerprint density at radius 2 is 0.722 bits per heavy atom. The summed E-state index contributed by atoms with van der Waals surface area (Å²) in [5.41, 5.74) is 2.18. The molecule has 0 unspecified atom stereocenters. The second-order valence-electron chi connectivity index (χ2n) is 2.84. The zero-order valence-electron chi connectivity index (χ0n) is 7.58. The second kappa shape index (κ2) is 7.40. The van der Waals surface area contributed by atoms with E-state index in [0.29, 0.717) is 0 Å². The molecule has 0 aromatic carbocycles. The van der Waals surface area contributed by atoms with E-state index in [2.05, 4.69) is 0 Å². The van der Waals surface area contributed by atoms with Crippen LogP contribution >= 0.6 is 0 Å². The molecule has 10 nitrogen and oxygen atoms in total. The van der Waals surface area contributed by atoms with Gasteiger partial charge >= 0.3 is 83.0 Å². The van der Waals surface area contributed by atoms with E-state index in [1.54, 1.807) is 0 Å². The summed E-state index contributed by atoms with van der Waals surface area (Å²) in [6, 6.07) is 0. The summed E-state index contributed by atoms with van der Waals surface area (Å²) in [7, 11) is 0. The maximum absolute atomic E-state index is 10.6. The van der Waals surface area contributed by atoms with Gasteiger partial charge in [0.15, 0.2) is 0 Å². The van der Waals surface area contributed by atoms with Gasteiger partial charge in [-0.15, -0.1) is 0 Å². The number of nitrogens with two attached hydrogens (primary N) is 2. The molecule has 18 heavy (non-hydrogen) atoms. The van der Waals surface area contributed by atoms with E-state index >= 15 is 0 Å². The second-order valence-corrected chi connectivity index (χ2v) is 2.84. The van der Waals surface area contributed by atoms with Gasteiger partial charge in [0.25, 0.3) is 11.1 Å². The fourth-order valence-electron chi connectivity index (χ4n) is 0.858. The quantitative estimate of drug-likeness (QED) is 0.210. The first-order valence-corrected chi connectivity index (χ1v) is 3.54. The number of hydrogen-bond acceptors (Lipinski definition) is 6. The van der Waals surface area contributed by atoms with E-state index < -0.39 is 35.0 Å². The molecule has 0 radical (unpaired) electrons. The minimum atomic E-state index is -3.69. The molecule has 0 aliphatic carbocycles. The van der Waals surface area contributed by atoms with Gasteiger partial charge in [-0.25, -0.2) is 19.2 Å². The molecule has 0 bridgehead atoms. The van der Waals surface area contributed by atoms with Crippen molar-refractivity contribution in [2.45, 2.75) is 11.1 Å². The maximum atomic E-state index is 10.6. The number of hydrogen-bond donors (Lipinski definition) is 6. The van der Waals surface area contributed by atoms with E-state index in [1.165, 1.54) is 0 Å². The third-order valence-corrected chi connectivity index (χ3v) is 1.97. The van der Waals surface area contributed by atoms with Gasteiger partial charge in [-0.1, -0.05) is 0 Å². The van der Waals surface area contributed by atoms with Gasteiger partial charge in [0.1, 0.15) is 0 Å². The van der Waals surface area contributed by atoms with Crippen LogP contribution in [0.1, 0.15) is 0 Å². The summed E-state index contributed by atoms with van der Waals surface area (Å²) in [4.78, 5) is 42.4. The van der Waals surface area contributed by atoms with Crippen LogP contribution in [0.3, 0.4) is 0 Å². The molecular weight excluding hydrogens is 274 g/mol. The van der Waals surface area contributed by atoms with E-state index in [-0.39, 0.29) is 59.1 Å². The normalized spacial score (nSPS) is 10.6. The number of carboxylic acid groups (broad SMARTS) is 4. The molecule has 0 fully saturated rings. The van der Waals surface area contributed by atoms with Crippen LogP contribution in [0.2, 0.25) is 0 Å². The predicted molar refractivity (Wildman–Crippen MR) is 58.7 cm³/mol. The summed E-state index contributed by atoms with van der Waals surface area (Å²) in [6.45, 7) is 0. The Labute approximate surface area is 144 Å². The molecule has 0 rings (SSSR count). The van der Waals surface area contributed by atoms with Gasteiger partial charge in [-0.3, -0.25) is 0 Å². The molecular formula is C6H10N2Na2O8. The fourth-order valence-corrected chi connectivity index (χ4v) is 0.858. The Morgan fingerprint density at radius 3 is 0.778 bits per heavy atom. The molecule has 8 N–H and O–H groups in total. The van der Waals surface area contributed by atoms with Crippen LogP contribution in [-0.4, -0.2) is 114 Å². The van der Waals surface area contributed by atoms with Crippen LogP contribution in [-0.2, 0) is 19.2 Å². The first-order chi connectivity index (χ1) is 7.02. The Morgan fingerprint density at radius 1 is 0.611 bits per heavy atom. The fraction of sp³-hybridized carbons (Fsp3) is 0.333. The van der Waals surface area contributed by atoms with Crippen LogP contribution in [0.4, 0.5) is 0 Å². The van der Waals surface area contributed by atoms with Crippen LogP contribution in [0.25, 0.3) is 0 Å². The van der Waals surface area contributed by atoms with Gasteiger partial charge in [0.2, 0.25) is 0 Å². The predicted octanol–water partition coefficient (Wildman–Crippen LogP) is -4.58. The molecule has 0 atom stereocenters. The average molecular weight is 284 g/mol. The van der Waals surface area contributed by atoms with E-state index in [9.17, 15) is 19.2 Å². The average Bonchev–Trinajstić information content (AvgIpc) is 2.13. The Kier molecular flexibility index (Phi) is 9.43. The zero-order chi connectivity index (χ0) is 13.3. The molecule has 0 saturated heterocycles. The Bertz CT molecular complexity index is 320. The zero-order valence-corrected chi connectivity index (χ0v) is 7.58. The van der Waals surface area contributed by atoms with Crippen LogP contribution < -0.4 is 11.5 Å². The molecule has 0 aromatic rings. The van der Waals surface area contributed by atoms with Crippen molar-refractivity contribution >= 4 is 83.0 Å². The van der Waals surface area contributed by atoms with E-state index in [1.807, 2.05) is 0 Å². The van der Waals surface area contributed by atoms with Gasteiger partial charge in [-0.05, 0) is 0 Å². The van der Waals surface area contributed by atoms with Gasteiger partial charge in [0, 0.05) is 0 Å². The number of aliphatic carboxylic acids is 4. The first kappa shape index (κ1) is 22.9. The van der Waals surface area contributed by atoms with Crippen molar-refractivity contribution in [1.29, 1.82) is 0 Å². The van der Waals surface area contributed by atoms with Crippen LogP contribution in [0, 0.1) is 0 Å². The van der Waals surface area contributed by atoms with Crippen molar-refractivity contribution in [3.8, 4) is 0 Å². The van der Waals surface area contributed by atoms with Crippen molar-refractivity contribution in [2.75, 3.05) is 0 Å². The van der Waals surface area contributed by atoms with E-state index in [0.717, 1.165) is 0 Å². The SMILES string of the molecule is NC(C(=O)O)(C(=O)O)C(N)(C(=O)O)C(=O)O.[NaH].[NaH]. The monoisotopic (exact) mass is 284 g/mol. The number of carboxylic acids is 4. The summed E-state index contributed by atoms with van der Waals surface area (Å²) < 4.78 is 0. The summed E-state index contributed by atoms with van der Waals surface area (Å²) in [6.07, 6.45) is 0. The summed E-state index contributed by atoms with van der Waals surface area (Å²) >= 11 is 0. The van der Waals surface area contributed by atoms with Crippen LogP contribution in [0.5, 0.6) is 0 Å². The summed E-state index contributed by atoms with van der Waals surface area (Å²) in [5.74, 6) is -9.53. The Hall–Kier alpha value is -0.200. The number of carbonyl (C=O) groups is 4.